The summed E-state index contributed by atoms with van der Waals surface area (Å²) in [4.78, 5) is 14.1. The average Bonchev–Trinajstić information content (AvgIpc) is 2.94. The molecule has 1 atom stereocenters. The Hall–Kier alpha value is -1.44. The fourth-order valence-electron chi connectivity index (χ4n) is 3.67. The van der Waals surface area contributed by atoms with E-state index < -0.39 is 0 Å². The molecule has 0 aliphatic carbocycles. The molecule has 134 valence electrons. The van der Waals surface area contributed by atoms with E-state index in [4.69, 9.17) is 9.47 Å². The van der Waals surface area contributed by atoms with Gasteiger partial charge in [-0.25, -0.2) is 0 Å². The van der Waals surface area contributed by atoms with Crippen LogP contribution in [0.25, 0.3) is 0 Å². The summed E-state index contributed by atoms with van der Waals surface area (Å²) in [7, 11) is 1.54. The summed E-state index contributed by atoms with van der Waals surface area (Å²) in [6.45, 7) is 5.46. The molecule has 7 nitrogen and oxygen atoms in total. The molecule has 1 fully saturated rings. The first-order chi connectivity index (χ1) is 11.8. The molecule has 1 N–H and O–H groups in total. The summed E-state index contributed by atoms with van der Waals surface area (Å²) >= 11 is 0. The van der Waals surface area contributed by atoms with Crippen LogP contribution in [0.5, 0.6) is 0 Å². The Morgan fingerprint density at radius 2 is 2.25 bits per heavy atom. The number of hydrogen-bond acceptors (Lipinski definition) is 5. The van der Waals surface area contributed by atoms with Crippen LogP contribution in [-0.4, -0.2) is 66.6 Å². The van der Waals surface area contributed by atoms with Crippen LogP contribution in [0.2, 0.25) is 0 Å². The van der Waals surface area contributed by atoms with E-state index in [9.17, 15) is 4.79 Å². The van der Waals surface area contributed by atoms with Gasteiger partial charge < -0.3 is 14.8 Å². The van der Waals surface area contributed by atoms with Crippen LogP contribution in [0.1, 0.15) is 25.0 Å². The number of ether oxygens (including phenoxy) is 2. The van der Waals surface area contributed by atoms with Crippen LogP contribution >= 0.6 is 0 Å². The number of carbonyl (C=O) groups excluding carboxylic acids is 1. The van der Waals surface area contributed by atoms with Gasteiger partial charge in [0.05, 0.1) is 5.69 Å². The molecule has 0 spiro atoms. The summed E-state index contributed by atoms with van der Waals surface area (Å²) in [5.41, 5.74) is 1.28. The lowest BCUT2D eigenvalue weighted by Crippen LogP contribution is -2.41. The SMILES string of the molecule is COCC(=O)NCC[C@@H]1CN(C2CCOCC2)Cc2ccnn2C1. The van der Waals surface area contributed by atoms with Crippen LogP contribution in [-0.2, 0) is 27.4 Å². The third-order valence-corrected chi connectivity index (χ3v) is 4.95. The quantitative estimate of drug-likeness (QED) is 0.826. The van der Waals surface area contributed by atoms with Crippen molar-refractivity contribution in [3.05, 3.63) is 18.0 Å². The molecular weight excluding hydrogens is 308 g/mol. The van der Waals surface area contributed by atoms with Crippen molar-refractivity contribution in [1.82, 2.24) is 20.0 Å². The fourth-order valence-corrected chi connectivity index (χ4v) is 3.67. The van der Waals surface area contributed by atoms with Gasteiger partial charge >= 0.3 is 0 Å². The standard InChI is InChI=1S/C17H28N4O3/c1-23-13-17(22)18-6-2-14-10-20(15-4-8-24-9-5-15)12-16-3-7-19-21(16)11-14/h3,7,14-15H,2,4-6,8-13H2,1H3,(H,18,22)/t14-/m1/s1. The zero-order valence-corrected chi connectivity index (χ0v) is 14.4. The van der Waals surface area contributed by atoms with Gasteiger partial charge in [-0.05, 0) is 31.2 Å². The smallest absolute Gasteiger partial charge is 0.245 e. The Kier molecular flexibility index (Phi) is 6.23. The predicted molar refractivity (Wildman–Crippen MR) is 89.5 cm³/mol. The van der Waals surface area contributed by atoms with Crippen molar-refractivity contribution < 1.29 is 14.3 Å². The molecule has 24 heavy (non-hydrogen) atoms. The Bertz CT molecular complexity index is 528. The summed E-state index contributed by atoms with van der Waals surface area (Å²) in [6.07, 6.45) is 5.05. The third kappa shape index (κ3) is 4.55. The molecule has 1 aromatic heterocycles. The van der Waals surface area contributed by atoms with E-state index in [1.807, 2.05) is 6.20 Å². The van der Waals surface area contributed by atoms with Crippen molar-refractivity contribution in [3.63, 3.8) is 0 Å². The van der Waals surface area contributed by atoms with Crippen molar-refractivity contribution in [3.8, 4) is 0 Å². The van der Waals surface area contributed by atoms with Gasteiger partial charge in [0.15, 0.2) is 0 Å². The van der Waals surface area contributed by atoms with E-state index in [1.54, 1.807) is 0 Å². The van der Waals surface area contributed by atoms with Gasteiger partial charge in [-0.3, -0.25) is 14.4 Å². The summed E-state index contributed by atoms with van der Waals surface area (Å²) in [5, 5.41) is 7.41. The molecule has 7 heteroatoms. The van der Waals surface area contributed by atoms with Crippen molar-refractivity contribution >= 4 is 5.91 Å². The largest absolute Gasteiger partial charge is 0.381 e. The molecule has 0 aromatic carbocycles. The second kappa shape index (κ2) is 8.60. The van der Waals surface area contributed by atoms with Crippen LogP contribution < -0.4 is 5.32 Å². The fraction of sp³-hybridized carbons (Fsp3) is 0.765. The first kappa shape index (κ1) is 17.4. The third-order valence-electron chi connectivity index (χ3n) is 4.95. The lowest BCUT2D eigenvalue weighted by Gasteiger charge is -2.34. The van der Waals surface area contributed by atoms with E-state index >= 15 is 0 Å². The van der Waals surface area contributed by atoms with Gasteiger partial charge in [-0.15, -0.1) is 0 Å². The first-order valence-corrected chi connectivity index (χ1v) is 8.84. The van der Waals surface area contributed by atoms with Gasteiger partial charge in [-0.1, -0.05) is 0 Å². The van der Waals surface area contributed by atoms with E-state index in [0.717, 1.165) is 52.1 Å². The zero-order chi connectivity index (χ0) is 16.8. The number of methoxy groups -OCH3 is 1. The van der Waals surface area contributed by atoms with Crippen molar-refractivity contribution in [2.45, 2.75) is 38.4 Å². The predicted octanol–water partition coefficient (Wildman–Crippen LogP) is 0.647. The minimum absolute atomic E-state index is 0.0489. The molecule has 1 saturated heterocycles. The average molecular weight is 336 g/mol. The number of nitrogens with one attached hydrogen (secondary N) is 1. The Labute approximate surface area is 143 Å². The van der Waals surface area contributed by atoms with Crippen molar-refractivity contribution in [2.75, 3.05) is 40.0 Å². The van der Waals surface area contributed by atoms with Gasteiger partial charge in [0.2, 0.25) is 5.91 Å². The number of hydrogen-bond donors (Lipinski definition) is 1. The molecular formula is C17H28N4O3. The van der Waals surface area contributed by atoms with Gasteiger partial charge in [0.25, 0.3) is 0 Å². The monoisotopic (exact) mass is 336 g/mol. The minimum Gasteiger partial charge on any atom is -0.381 e. The second-order valence-corrected chi connectivity index (χ2v) is 6.72. The number of aromatic nitrogens is 2. The highest BCUT2D eigenvalue weighted by Crippen LogP contribution is 2.23. The molecule has 0 bridgehead atoms. The van der Waals surface area contributed by atoms with Crippen molar-refractivity contribution in [2.24, 2.45) is 5.92 Å². The number of carbonyl (C=O) groups is 1. The Morgan fingerprint density at radius 1 is 1.42 bits per heavy atom. The van der Waals surface area contributed by atoms with Crippen molar-refractivity contribution in [1.29, 1.82) is 0 Å². The highest BCUT2D eigenvalue weighted by atomic mass is 16.5. The summed E-state index contributed by atoms with van der Waals surface area (Å²) < 4.78 is 12.5. The number of nitrogens with zero attached hydrogens (tertiary/aromatic N) is 3. The molecule has 0 saturated carbocycles. The highest BCUT2D eigenvalue weighted by molar-refractivity contribution is 5.77. The lowest BCUT2D eigenvalue weighted by atomic mass is 10.0. The molecule has 0 radical (unpaired) electrons. The molecule has 2 aliphatic rings. The molecule has 3 rings (SSSR count). The van der Waals surface area contributed by atoms with E-state index in [-0.39, 0.29) is 12.5 Å². The van der Waals surface area contributed by atoms with Gasteiger partial charge in [0, 0.05) is 58.7 Å². The van der Waals surface area contributed by atoms with E-state index in [0.29, 0.717) is 18.5 Å². The van der Waals surface area contributed by atoms with Crippen LogP contribution in [0.15, 0.2) is 12.3 Å². The highest BCUT2D eigenvalue weighted by Gasteiger charge is 2.28. The van der Waals surface area contributed by atoms with E-state index in [2.05, 4.69) is 26.1 Å². The van der Waals surface area contributed by atoms with Crippen LogP contribution in [0.4, 0.5) is 0 Å². The lowest BCUT2D eigenvalue weighted by molar-refractivity contribution is -0.124. The number of amides is 1. The topological polar surface area (TPSA) is 68.6 Å². The maximum absolute atomic E-state index is 11.5. The normalized spacial score (nSPS) is 22.8. The second-order valence-electron chi connectivity index (χ2n) is 6.72. The molecule has 3 heterocycles. The molecule has 0 unspecified atom stereocenters. The Morgan fingerprint density at radius 3 is 3.04 bits per heavy atom. The minimum atomic E-state index is -0.0489. The van der Waals surface area contributed by atoms with Gasteiger partial charge in [-0.2, -0.15) is 5.10 Å². The van der Waals surface area contributed by atoms with Gasteiger partial charge in [0.1, 0.15) is 6.61 Å². The summed E-state index contributed by atoms with van der Waals surface area (Å²) in [6, 6.07) is 2.71. The number of rotatable bonds is 6. The van der Waals surface area contributed by atoms with Crippen LogP contribution in [0, 0.1) is 5.92 Å². The molecule has 1 amide bonds. The van der Waals surface area contributed by atoms with Crippen LogP contribution in [0.3, 0.4) is 0 Å². The summed E-state index contributed by atoms with van der Waals surface area (Å²) in [5.74, 6) is 0.434. The number of fused-ring (bicyclic) bond motifs is 1. The van der Waals surface area contributed by atoms with E-state index in [1.165, 1.54) is 12.8 Å². The molecule has 1 aromatic rings. The molecule has 2 aliphatic heterocycles. The Balaban J connectivity index is 1.59. The maximum atomic E-state index is 11.5. The maximum Gasteiger partial charge on any atom is 0.245 e. The first-order valence-electron chi connectivity index (χ1n) is 8.84. The zero-order valence-electron chi connectivity index (χ0n) is 14.4.